The van der Waals surface area contributed by atoms with Gasteiger partial charge < -0.3 is 9.88 Å². The number of hydrogen-bond donors (Lipinski definition) is 1. The first-order valence-corrected chi connectivity index (χ1v) is 7.77. The fourth-order valence-corrected chi connectivity index (χ4v) is 2.97. The van der Waals surface area contributed by atoms with E-state index >= 15 is 0 Å². The molecule has 3 heterocycles. The molecule has 9 heteroatoms. The maximum Gasteiger partial charge on any atom is 0.332 e. The molecule has 0 saturated heterocycles. The smallest absolute Gasteiger partial charge is 0.332 e. The second-order valence-electron chi connectivity index (χ2n) is 5.11. The third-order valence-electron chi connectivity index (χ3n) is 3.57. The van der Waals surface area contributed by atoms with Crippen molar-refractivity contribution >= 4 is 28.4 Å². The molecule has 0 aromatic carbocycles. The summed E-state index contributed by atoms with van der Waals surface area (Å²) in [6.07, 6.45) is 1.40. The molecule has 8 nitrogen and oxygen atoms in total. The lowest BCUT2D eigenvalue weighted by Gasteiger charge is -2.07. The summed E-state index contributed by atoms with van der Waals surface area (Å²) in [7, 11) is 2.94. The second-order valence-corrected chi connectivity index (χ2v) is 6.14. The van der Waals surface area contributed by atoms with Crippen LogP contribution in [0.4, 0.5) is 0 Å². The van der Waals surface area contributed by atoms with Gasteiger partial charge in [0.25, 0.3) is 5.56 Å². The van der Waals surface area contributed by atoms with Gasteiger partial charge in [-0.05, 0) is 11.4 Å². The summed E-state index contributed by atoms with van der Waals surface area (Å²) < 4.78 is 3.75. The summed E-state index contributed by atoms with van der Waals surface area (Å²) in [6, 6.07) is 3.85. The van der Waals surface area contributed by atoms with E-state index in [0.717, 1.165) is 9.44 Å². The highest BCUT2D eigenvalue weighted by atomic mass is 32.1. The molecule has 0 aliphatic carbocycles. The van der Waals surface area contributed by atoms with E-state index in [1.54, 1.807) is 11.3 Å². The summed E-state index contributed by atoms with van der Waals surface area (Å²) in [5, 5.41) is 4.73. The van der Waals surface area contributed by atoms with Gasteiger partial charge in [0.2, 0.25) is 5.91 Å². The van der Waals surface area contributed by atoms with E-state index in [9.17, 15) is 14.4 Å². The van der Waals surface area contributed by atoms with Gasteiger partial charge in [-0.3, -0.25) is 18.7 Å². The van der Waals surface area contributed by atoms with Crippen LogP contribution < -0.4 is 16.6 Å². The quantitative estimate of drug-likeness (QED) is 0.716. The number of imidazole rings is 1. The van der Waals surface area contributed by atoms with E-state index in [4.69, 9.17) is 0 Å². The van der Waals surface area contributed by atoms with Crippen molar-refractivity contribution in [3.8, 4) is 0 Å². The van der Waals surface area contributed by atoms with Crippen LogP contribution in [0.3, 0.4) is 0 Å². The minimum atomic E-state index is -0.466. The Kier molecular flexibility index (Phi) is 3.87. The molecule has 120 valence electrons. The molecule has 0 spiro atoms. The molecule has 0 aliphatic rings. The molecule has 0 radical (unpaired) electrons. The van der Waals surface area contributed by atoms with Crippen molar-refractivity contribution in [1.29, 1.82) is 0 Å². The lowest BCUT2D eigenvalue weighted by atomic mass is 10.4. The van der Waals surface area contributed by atoms with Crippen LogP contribution in [-0.2, 0) is 32.0 Å². The van der Waals surface area contributed by atoms with Crippen molar-refractivity contribution in [1.82, 2.24) is 24.0 Å². The van der Waals surface area contributed by atoms with Gasteiger partial charge in [0.05, 0.1) is 12.9 Å². The summed E-state index contributed by atoms with van der Waals surface area (Å²) in [5.41, 5.74) is -0.411. The van der Waals surface area contributed by atoms with E-state index in [2.05, 4.69) is 10.3 Å². The summed E-state index contributed by atoms with van der Waals surface area (Å²) >= 11 is 1.56. The molecule has 0 saturated carbocycles. The second kappa shape index (κ2) is 5.84. The predicted octanol–water partition coefficient (Wildman–Crippen LogP) is -0.188. The van der Waals surface area contributed by atoms with Crippen LogP contribution in [0.15, 0.2) is 33.4 Å². The molecule has 0 bridgehead atoms. The average Bonchev–Trinajstić information content (AvgIpc) is 3.18. The molecule has 3 aromatic rings. The van der Waals surface area contributed by atoms with Gasteiger partial charge in [-0.2, -0.15) is 0 Å². The van der Waals surface area contributed by atoms with Gasteiger partial charge in [-0.25, -0.2) is 9.78 Å². The van der Waals surface area contributed by atoms with E-state index in [1.807, 2.05) is 17.5 Å². The minimum absolute atomic E-state index is 0.0324. The van der Waals surface area contributed by atoms with Crippen LogP contribution >= 0.6 is 11.3 Å². The van der Waals surface area contributed by atoms with Gasteiger partial charge in [0, 0.05) is 19.0 Å². The molecular formula is C14H15N5O3S. The number of rotatable bonds is 4. The highest BCUT2D eigenvalue weighted by molar-refractivity contribution is 7.09. The molecule has 0 fully saturated rings. The number of nitrogens with one attached hydrogen (secondary N) is 1. The normalized spacial score (nSPS) is 11.0. The summed E-state index contributed by atoms with van der Waals surface area (Å²) in [5.74, 6) is -0.228. The van der Waals surface area contributed by atoms with Gasteiger partial charge in [-0.1, -0.05) is 6.07 Å². The van der Waals surface area contributed by atoms with Crippen LogP contribution in [0, 0.1) is 0 Å². The van der Waals surface area contributed by atoms with Crippen LogP contribution in [0.1, 0.15) is 4.88 Å². The zero-order valence-corrected chi connectivity index (χ0v) is 13.5. The number of aryl methyl sites for hydroxylation is 1. The molecule has 0 aliphatic heterocycles. The van der Waals surface area contributed by atoms with Crippen molar-refractivity contribution < 1.29 is 4.79 Å². The molecule has 0 unspecified atom stereocenters. The van der Waals surface area contributed by atoms with E-state index in [1.165, 1.54) is 29.6 Å². The number of thiophene rings is 1. The molecule has 23 heavy (non-hydrogen) atoms. The molecular weight excluding hydrogens is 318 g/mol. The van der Waals surface area contributed by atoms with E-state index < -0.39 is 11.2 Å². The fraction of sp³-hybridized carbons (Fsp3) is 0.286. The average molecular weight is 333 g/mol. The maximum atomic E-state index is 12.3. The third kappa shape index (κ3) is 2.70. The van der Waals surface area contributed by atoms with Crippen molar-refractivity contribution in [2.75, 3.05) is 0 Å². The van der Waals surface area contributed by atoms with E-state index in [-0.39, 0.29) is 23.6 Å². The Morgan fingerprint density at radius 2 is 2.09 bits per heavy atom. The Morgan fingerprint density at radius 3 is 2.78 bits per heavy atom. The van der Waals surface area contributed by atoms with E-state index in [0.29, 0.717) is 6.54 Å². The zero-order chi connectivity index (χ0) is 16.6. The number of nitrogens with zero attached hydrogens (tertiary/aromatic N) is 4. The molecule has 1 amide bonds. The van der Waals surface area contributed by atoms with Crippen LogP contribution in [0.25, 0.3) is 11.2 Å². The van der Waals surface area contributed by atoms with Crippen molar-refractivity contribution in [3.05, 3.63) is 49.6 Å². The Balaban J connectivity index is 1.88. The first-order valence-electron chi connectivity index (χ1n) is 6.89. The Hall–Kier alpha value is -2.68. The summed E-state index contributed by atoms with van der Waals surface area (Å²) in [4.78, 5) is 41.3. The van der Waals surface area contributed by atoms with Crippen LogP contribution in [0.5, 0.6) is 0 Å². The lowest BCUT2D eigenvalue weighted by molar-refractivity contribution is -0.121. The highest BCUT2D eigenvalue weighted by Gasteiger charge is 2.15. The van der Waals surface area contributed by atoms with Crippen LogP contribution in [-0.4, -0.2) is 24.6 Å². The SMILES string of the molecule is Cn1c(=O)c2c(ncn2CC(=O)NCc2cccs2)n(C)c1=O. The Morgan fingerprint density at radius 1 is 1.30 bits per heavy atom. The van der Waals surface area contributed by atoms with Crippen molar-refractivity contribution in [2.45, 2.75) is 13.1 Å². The molecule has 3 rings (SSSR count). The van der Waals surface area contributed by atoms with Gasteiger partial charge in [0.15, 0.2) is 11.2 Å². The lowest BCUT2D eigenvalue weighted by Crippen LogP contribution is -2.38. The van der Waals surface area contributed by atoms with Crippen molar-refractivity contribution in [2.24, 2.45) is 14.1 Å². The standard InChI is InChI=1S/C14H15N5O3S/c1-17-12-11(13(21)18(2)14(17)22)19(8-16-12)7-10(20)15-6-9-4-3-5-23-9/h3-5,8H,6-7H2,1-2H3,(H,15,20). The van der Waals surface area contributed by atoms with Gasteiger partial charge in [0.1, 0.15) is 6.54 Å². The number of carbonyl (C=O) groups excluding carboxylic acids is 1. The fourth-order valence-electron chi connectivity index (χ4n) is 2.33. The number of carbonyl (C=O) groups is 1. The Labute approximate surface area is 134 Å². The van der Waals surface area contributed by atoms with Crippen LogP contribution in [0.2, 0.25) is 0 Å². The molecule has 1 N–H and O–H groups in total. The number of aromatic nitrogens is 4. The maximum absolute atomic E-state index is 12.3. The number of fused-ring (bicyclic) bond motifs is 1. The number of hydrogen-bond acceptors (Lipinski definition) is 5. The minimum Gasteiger partial charge on any atom is -0.350 e. The first-order chi connectivity index (χ1) is 11.0. The van der Waals surface area contributed by atoms with Crippen molar-refractivity contribution in [3.63, 3.8) is 0 Å². The number of amides is 1. The highest BCUT2D eigenvalue weighted by Crippen LogP contribution is 2.08. The predicted molar refractivity (Wildman–Crippen MR) is 86.4 cm³/mol. The monoisotopic (exact) mass is 333 g/mol. The van der Waals surface area contributed by atoms with Gasteiger partial charge in [-0.15, -0.1) is 11.3 Å². The topological polar surface area (TPSA) is 90.9 Å². The largest absolute Gasteiger partial charge is 0.350 e. The zero-order valence-electron chi connectivity index (χ0n) is 12.6. The van der Waals surface area contributed by atoms with Gasteiger partial charge >= 0.3 is 5.69 Å². The third-order valence-corrected chi connectivity index (χ3v) is 4.45. The Bertz CT molecular complexity index is 980. The first kappa shape index (κ1) is 15.2. The molecule has 3 aromatic heterocycles. The molecule has 0 atom stereocenters. The summed E-state index contributed by atoms with van der Waals surface area (Å²) in [6.45, 7) is 0.412.